The monoisotopic (exact) mass is 354 g/mol. The van der Waals surface area contributed by atoms with Crippen LogP contribution in [-0.2, 0) is 0 Å². The van der Waals surface area contributed by atoms with Crippen molar-refractivity contribution >= 4 is 23.1 Å². The zero-order chi connectivity index (χ0) is 18.6. The quantitative estimate of drug-likeness (QED) is 0.539. The fourth-order valence-corrected chi connectivity index (χ4v) is 3.04. The first kappa shape index (κ1) is 16.8. The van der Waals surface area contributed by atoms with E-state index in [1.54, 1.807) is 17.7 Å². The lowest BCUT2D eigenvalue weighted by Crippen LogP contribution is -2.22. The second-order valence-corrected chi connectivity index (χ2v) is 6.04. The summed E-state index contributed by atoms with van der Waals surface area (Å²) in [5.74, 6) is 1.16. The SMILES string of the molecule is COc1ccccc1-n1c(C=Cc2ccccc2)nc2ccccc2c1=O. The molecule has 0 fully saturated rings. The third-order valence-electron chi connectivity index (χ3n) is 4.35. The first-order valence-corrected chi connectivity index (χ1v) is 8.66. The molecule has 0 saturated heterocycles. The molecule has 4 aromatic rings. The highest BCUT2D eigenvalue weighted by molar-refractivity contribution is 5.80. The lowest BCUT2D eigenvalue weighted by molar-refractivity contribution is 0.412. The van der Waals surface area contributed by atoms with Gasteiger partial charge in [-0.1, -0.05) is 60.7 Å². The Hall–Kier alpha value is -3.66. The number of benzene rings is 3. The largest absolute Gasteiger partial charge is 0.495 e. The smallest absolute Gasteiger partial charge is 0.266 e. The van der Waals surface area contributed by atoms with Crippen LogP contribution in [-0.4, -0.2) is 16.7 Å². The molecule has 4 rings (SSSR count). The average Bonchev–Trinajstić information content (AvgIpc) is 2.73. The first-order valence-electron chi connectivity index (χ1n) is 8.66. The van der Waals surface area contributed by atoms with Gasteiger partial charge in [-0.15, -0.1) is 0 Å². The highest BCUT2D eigenvalue weighted by Gasteiger charge is 2.14. The third-order valence-corrected chi connectivity index (χ3v) is 4.35. The van der Waals surface area contributed by atoms with E-state index in [4.69, 9.17) is 9.72 Å². The molecule has 0 unspecified atom stereocenters. The molecular formula is C23H18N2O2. The predicted octanol–water partition coefficient (Wildman–Crippen LogP) is 4.56. The Kier molecular flexibility index (Phi) is 4.54. The van der Waals surface area contributed by atoms with Crippen LogP contribution in [0.5, 0.6) is 5.75 Å². The van der Waals surface area contributed by atoms with Gasteiger partial charge in [0.25, 0.3) is 5.56 Å². The lowest BCUT2D eigenvalue weighted by Gasteiger charge is -2.14. The summed E-state index contributed by atoms with van der Waals surface area (Å²) in [6.07, 6.45) is 3.80. The van der Waals surface area contributed by atoms with E-state index >= 15 is 0 Å². The van der Waals surface area contributed by atoms with E-state index in [-0.39, 0.29) is 5.56 Å². The Balaban J connectivity index is 1.99. The molecule has 1 aromatic heterocycles. The topological polar surface area (TPSA) is 44.1 Å². The number of aromatic nitrogens is 2. The van der Waals surface area contributed by atoms with Crippen LogP contribution in [0.1, 0.15) is 11.4 Å². The molecule has 0 radical (unpaired) electrons. The minimum atomic E-state index is -0.127. The van der Waals surface area contributed by atoms with E-state index in [0.29, 0.717) is 28.2 Å². The number of hydrogen-bond acceptors (Lipinski definition) is 3. The average molecular weight is 354 g/mol. The number of rotatable bonds is 4. The summed E-state index contributed by atoms with van der Waals surface area (Å²) in [5.41, 5.74) is 2.24. The molecule has 0 bridgehead atoms. The molecule has 132 valence electrons. The summed E-state index contributed by atoms with van der Waals surface area (Å²) in [7, 11) is 1.60. The fraction of sp³-hybridized carbons (Fsp3) is 0.0435. The Labute approximate surface area is 157 Å². The zero-order valence-electron chi connectivity index (χ0n) is 14.9. The summed E-state index contributed by atoms with van der Waals surface area (Å²) in [6, 6.07) is 24.7. The lowest BCUT2D eigenvalue weighted by atomic mass is 10.2. The Morgan fingerprint density at radius 1 is 0.852 bits per heavy atom. The van der Waals surface area contributed by atoms with Crippen LogP contribution >= 0.6 is 0 Å². The normalized spacial score (nSPS) is 11.1. The molecule has 0 atom stereocenters. The maximum atomic E-state index is 13.3. The Morgan fingerprint density at radius 2 is 1.56 bits per heavy atom. The molecular weight excluding hydrogens is 336 g/mol. The van der Waals surface area contributed by atoms with Crippen molar-refractivity contribution in [2.45, 2.75) is 0 Å². The van der Waals surface area contributed by atoms with Crippen molar-refractivity contribution in [1.82, 2.24) is 9.55 Å². The van der Waals surface area contributed by atoms with Crippen molar-refractivity contribution in [3.8, 4) is 11.4 Å². The van der Waals surface area contributed by atoms with Crippen LogP contribution in [0.25, 0.3) is 28.7 Å². The number of ether oxygens (including phenoxy) is 1. The molecule has 1 heterocycles. The van der Waals surface area contributed by atoms with Crippen molar-refractivity contribution in [2.75, 3.05) is 7.11 Å². The van der Waals surface area contributed by atoms with Crippen LogP contribution in [0, 0.1) is 0 Å². The van der Waals surface area contributed by atoms with Crippen LogP contribution in [0.4, 0.5) is 0 Å². The minimum Gasteiger partial charge on any atom is -0.495 e. The number of methoxy groups -OCH3 is 1. The van der Waals surface area contributed by atoms with Gasteiger partial charge in [0.1, 0.15) is 11.6 Å². The first-order chi connectivity index (χ1) is 13.3. The molecule has 4 heteroatoms. The molecule has 0 aliphatic rings. The van der Waals surface area contributed by atoms with Gasteiger partial charge in [-0.05, 0) is 35.9 Å². The van der Waals surface area contributed by atoms with Crippen LogP contribution in [0.3, 0.4) is 0 Å². The summed E-state index contributed by atoms with van der Waals surface area (Å²) < 4.78 is 7.07. The molecule has 27 heavy (non-hydrogen) atoms. The van der Waals surface area contributed by atoms with Crippen molar-refractivity contribution in [1.29, 1.82) is 0 Å². The number of para-hydroxylation sites is 3. The highest BCUT2D eigenvalue weighted by Crippen LogP contribution is 2.23. The van der Waals surface area contributed by atoms with Crippen LogP contribution < -0.4 is 10.3 Å². The Morgan fingerprint density at radius 3 is 2.37 bits per heavy atom. The summed E-state index contributed by atoms with van der Waals surface area (Å²) in [5, 5.41) is 0.570. The fourth-order valence-electron chi connectivity index (χ4n) is 3.04. The van der Waals surface area contributed by atoms with E-state index in [9.17, 15) is 4.79 Å². The van der Waals surface area contributed by atoms with Gasteiger partial charge in [0.15, 0.2) is 0 Å². The molecule has 0 saturated carbocycles. The molecule has 0 N–H and O–H groups in total. The second-order valence-electron chi connectivity index (χ2n) is 6.04. The number of hydrogen-bond donors (Lipinski definition) is 0. The molecule has 3 aromatic carbocycles. The van der Waals surface area contributed by atoms with E-state index in [1.165, 1.54) is 0 Å². The van der Waals surface area contributed by atoms with Gasteiger partial charge in [0.05, 0.1) is 23.7 Å². The van der Waals surface area contributed by atoms with Crippen LogP contribution in [0.2, 0.25) is 0 Å². The summed E-state index contributed by atoms with van der Waals surface area (Å²) in [4.78, 5) is 18.0. The summed E-state index contributed by atoms with van der Waals surface area (Å²) >= 11 is 0. The summed E-state index contributed by atoms with van der Waals surface area (Å²) in [6.45, 7) is 0. The van der Waals surface area contributed by atoms with Crippen molar-refractivity contribution in [3.05, 3.63) is 101 Å². The van der Waals surface area contributed by atoms with E-state index in [0.717, 1.165) is 5.56 Å². The molecule has 0 aliphatic heterocycles. The molecule has 0 spiro atoms. The molecule has 0 amide bonds. The standard InChI is InChI=1S/C23H18N2O2/c1-27-21-14-8-7-13-20(21)25-22(16-15-17-9-3-2-4-10-17)24-19-12-6-5-11-18(19)23(25)26/h2-16H,1H3. The van der Waals surface area contributed by atoms with Gasteiger partial charge in [0, 0.05) is 0 Å². The van der Waals surface area contributed by atoms with E-state index in [2.05, 4.69) is 0 Å². The van der Waals surface area contributed by atoms with Crippen molar-refractivity contribution < 1.29 is 4.74 Å². The van der Waals surface area contributed by atoms with Crippen LogP contribution in [0.15, 0.2) is 83.7 Å². The number of nitrogens with zero attached hydrogens (tertiary/aromatic N) is 2. The predicted molar refractivity (Wildman–Crippen MR) is 109 cm³/mol. The van der Waals surface area contributed by atoms with Gasteiger partial charge in [0.2, 0.25) is 0 Å². The van der Waals surface area contributed by atoms with Gasteiger partial charge in [-0.3, -0.25) is 9.36 Å². The second kappa shape index (κ2) is 7.30. The molecule has 0 aliphatic carbocycles. The highest BCUT2D eigenvalue weighted by atomic mass is 16.5. The van der Waals surface area contributed by atoms with E-state index in [1.807, 2.05) is 84.9 Å². The Bertz CT molecular complexity index is 1180. The molecule has 4 nitrogen and oxygen atoms in total. The van der Waals surface area contributed by atoms with Gasteiger partial charge in [-0.25, -0.2) is 4.98 Å². The van der Waals surface area contributed by atoms with Crippen molar-refractivity contribution in [3.63, 3.8) is 0 Å². The van der Waals surface area contributed by atoms with Crippen molar-refractivity contribution in [2.24, 2.45) is 0 Å². The maximum Gasteiger partial charge on any atom is 0.266 e. The van der Waals surface area contributed by atoms with E-state index < -0.39 is 0 Å². The van der Waals surface area contributed by atoms with Gasteiger partial charge >= 0.3 is 0 Å². The number of fused-ring (bicyclic) bond motifs is 1. The minimum absolute atomic E-state index is 0.127. The van der Waals surface area contributed by atoms with Gasteiger partial charge < -0.3 is 4.74 Å². The van der Waals surface area contributed by atoms with Gasteiger partial charge in [-0.2, -0.15) is 0 Å². The zero-order valence-corrected chi connectivity index (χ0v) is 14.9. The third kappa shape index (κ3) is 3.25. The maximum absolute atomic E-state index is 13.3.